The van der Waals surface area contributed by atoms with E-state index in [1.54, 1.807) is 5.57 Å². The summed E-state index contributed by atoms with van der Waals surface area (Å²) in [6, 6.07) is 0. The minimum atomic E-state index is 0.559. The highest BCUT2D eigenvalue weighted by Crippen LogP contribution is 2.63. The van der Waals surface area contributed by atoms with Gasteiger partial charge < -0.3 is 0 Å². The Morgan fingerprint density at radius 2 is 2.00 bits per heavy atom. The van der Waals surface area contributed by atoms with Crippen LogP contribution in [-0.4, -0.2) is 0 Å². The van der Waals surface area contributed by atoms with Crippen LogP contribution in [0.4, 0.5) is 0 Å². The fourth-order valence-electron chi connectivity index (χ4n) is 3.26. The van der Waals surface area contributed by atoms with Crippen molar-refractivity contribution in [2.45, 2.75) is 47.0 Å². The van der Waals surface area contributed by atoms with Gasteiger partial charge in [-0.05, 0) is 42.9 Å². The molecular weight excluding hydrogens is 144 g/mol. The predicted octanol–water partition coefficient (Wildman–Crippen LogP) is 3.78. The van der Waals surface area contributed by atoms with Gasteiger partial charge in [0.05, 0.1) is 0 Å². The molecule has 68 valence electrons. The van der Waals surface area contributed by atoms with Gasteiger partial charge in [0.25, 0.3) is 0 Å². The first-order valence-electron chi connectivity index (χ1n) is 5.12. The summed E-state index contributed by atoms with van der Waals surface area (Å²) in [5, 5.41) is 0. The van der Waals surface area contributed by atoms with E-state index < -0.39 is 0 Å². The molecule has 0 aliphatic heterocycles. The van der Waals surface area contributed by atoms with E-state index in [0.29, 0.717) is 10.8 Å². The Morgan fingerprint density at radius 3 is 2.42 bits per heavy atom. The van der Waals surface area contributed by atoms with Gasteiger partial charge in [-0.3, -0.25) is 0 Å². The van der Waals surface area contributed by atoms with Crippen molar-refractivity contribution in [3.8, 4) is 0 Å². The largest absolute Gasteiger partial charge is 0.0791 e. The number of allylic oxidation sites excluding steroid dienone is 2. The lowest BCUT2D eigenvalue weighted by Crippen LogP contribution is -2.23. The zero-order chi connectivity index (χ0) is 8.98. The Bertz CT molecular complexity index is 234. The quantitative estimate of drug-likeness (QED) is 0.478. The molecule has 2 rings (SSSR count). The number of hydrogen-bond donors (Lipinski definition) is 0. The SMILES string of the molecule is CC1=CC2(CC2C)CC(C)(C)C1. The maximum atomic E-state index is 2.56. The summed E-state index contributed by atoms with van der Waals surface area (Å²) >= 11 is 0. The molecule has 1 fully saturated rings. The van der Waals surface area contributed by atoms with Crippen LogP contribution >= 0.6 is 0 Å². The van der Waals surface area contributed by atoms with Crippen LogP contribution in [0.3, 0.4) is 0 Å². The van der Waals surface area contributed by atoms with Crippen molar-refractivity contribution in [3.63, 3.8) is 0 Å². The van der Waals surface area contributed by atoms with Crippen molar-refractivity contribution < 1.29 is 0 Å². The molecule has 0 bridgehead atoms. The van der Waals surface area contributed by atoms with Gasteiger partial charge in [-0.2, -0.15) is 0 Å². The average Bonchev–Trinajstić information content (AvgIpc) is 2.33. The summed E-state index contributed by atoms with van der Waals surface area (Å²) in [5.41, 5.74) is 2.81. The van der Waals surface area contributed by atoms with E-state index in [0.717, 1.165) is 5.92 Å². The first-order valence-corrected chi connectivity index (χ1v) is 5.12. The van der Waals surface area contributed by atoms with Crippen molar-refractivity contribution >= 4 is 0 Å². The van der Waals surface area contributed by atoms with Gasteiger partial charge in [0.2, 0.25) is 0 Å². The van der Waals surface area contributed by atoms with Gasteiger partial charge >= 0.3 is 0 Å². The van der Waals surface area contributed by atoms with E-state index in [-0.39, 0.29) is 0 Å². The normalized spacial score (nSPS) is 44.3. The van der Waals surface area contributed by atoms with Crippen molar-refractivity contribution in [2.75, 3.05) is 0 Å². The lowest BCUT2D eigenvalue weighted by atomic mass is 9.71. The van der Waals surface area contributed by atoms with E-state index in [2.05, 4.69) is 33.8 Å². The van der Waals surface area contributed by atoms with Crippen LogP contribution in [0.25, 0.3) is 0 Å². The first kappa shape index (κ1) is 8.34. The van der Waals surface area contributed by atoms with Gasteiger partial charge in [-0.15, -0.1) is 0 Å². The Hall–Kier alpha value is -0.260. The highest BCUT2D eigenvalue weighted by molar-refractivity contribution is 5.23. The van der Waals surface area contributed by atoms with Crippen LogP contribution in [0.15, 0.2) is 11.6 Å². The van der Waals surface area contributed by atoms with E-state index in [9.17, 15) is 0 Å². The highest BCUT2D eigenvalue weighted by atomic mass is 14.6. The Labute approximate surface area is 76.1 Å². The fraction of sp³-hybridized carbons (Fsp3) is 0.833. The molecule has 0 aromatic heterocycles. The molecule has 2 unspecified atom stereocenters. The molecular formula is C12H20. The molecule has 0 aromatic carbocycles. The average molecular weight is 164 g/mol. The standard InChI is InChI=1S/C12H20/c1-9-5-11(3,4)8-12(6-9)7-10(12)2/h6,10H,5,7-8H2,1-4H3. The van der Waals surface area contributed by atoms with Crippen LogP contribution < -0.4 is 0 Å². The van der Waals surface area contributed by atoms with Crippen LogP contribution in [0.1, 0.15) is 47.0 Å². The summed E-state index contributed by atoms with van der Waals surface area (Å²) < 4.78 is 0. The topological polar surface area (TPSA) is 0 Å². The van der Waals surface area contributed by atoms with E-state index in [1.807, 2.05) is 0 Å². The second-order valence-corrected chi connectivity index (χ2v) is 5.85. The van der Waals surface area contributed by atoms with Crippen LogP contribution in [0.2, 0.25) is 0 Å². The van der Waals surface area contributed by atoms with Gasteiger partial charge in [0.1, 0.15) is 0 Å². The molecule has 0 radical (unpaired) electrons. The maximum Gasteiger partial charge on any atom is -0.00817 e. The summed E-state index contributed by atoms with van der Waals surface area (Å²) in [4.78, 5) is 0. The molecule has 0 saturated heterocycles. The molecule has 2 aliphatic carbocycles. The van der Waals surface area contributed by atoms with Gasteiger partial charge in [-0.25, -0.2) is 0 Å². The molecule has 0 nitrogen and oxygen atoms in total. The molecule has 0 heteroatoms. The molecule has 0 heterocycles. The fourth-order valence-corrected chi connectivity index (χ4v) is 3.26. The van der Waals surface area contributed by atoms with E-state index in [1.165, 1.54) is 19.3 Å². The third-order valence-electron chi connectivity index (χ3n) is 3.61. The molecule has 12 heavy (non-hydrogen) atoms. The monoisotopic (exact) mass is 164 g/mol. The smallest absolute Gasteiger partial charge is 0.00817 e. The summed E-state index contributed by atoms with van der Waals surface area (Å²) in [5.74, 6) is 0.951. The molecule has 2 atom stereocenters. The lowest BCUT2D eigenvalue weighted by molar-refractivity contribution is 0.249. The lowest BCUT2D eigenvalue weighted by Gasteiger charge is -2.34. The van der Waals surface area contributed by atoms with Crippen molar-refractivity contribution in [1.29, 1.82) is 0 Å². The van der Waals surface area contributed by atoms with Gasteiger partial charge in [0.15, 0.2) is 0 Å². The summed E-state index contributed by atoms with van der Waals surface area (Å²) in [7, 11) is 0. The molecule has 1 spiro atoms. The Balaban J connectivity index is 2.25. The second-order valence-electron chi connectivity index (χ2n) is 5.85. The summed E-state index contributed by atoms with van der Waals surface area (Å²) in [6.07, 6.45) is 6.72. The second kappa shape index (κ2) is 2.16. The van der Waals surface area contributed by atoms with E-state index in [4.69, 9.17) is 0 Å². The van der Waals surface area contributed by atoms with Gasteiger partial charge in [-0.1, -0.05) is 32.4 Å². The van der Waals surface area contributed by atoms with E-state index >= 15 is 0 Å². The number of rotatable bonds is 0. The molecule has 2 aliphatic rings. The molecule has 0 N–H and O–H groups in total. The maximum absolute atomic E-state index is 2.56. The minimum absolute atomic E-state index is 0.559. The molecule has 1 saturated carbocycles. The van der Waals surface area contributed by atoms with Gasteiger partial charge in [0, 0.05) is 0 Å². The Morgan fingerprint density at radius 1 is 1.42 bits per heavy atom. The zero-order valence-corrected chi connectivity index (χ0v) is 8.78. The molecule has 0 amide bonds. The third-order valence-corrected chi connectivity index (χ3v) is 3.61. The van der Waals surface area contributed by atoms with Crippen LogP contribution in [-0.2, 0) is 0 Å². The van der Waals surface area contributed by atoms with Crippen LogP contribution in [0.5, 0.6) is 0 Å². The van der Waals surface area contributed by atoms with Crippen molar-refractivity contribution in [1.82, 2.24) is 0 Å². The Kier molecular flexibility index (Phi) is 1.50. The third kappa shape index (κ3) is 1.22. The van der Waals surface area contributed by atoms with Crippen molar-refractivity contribution in [3.05, 3.63) is 11.6 Å². The number of hydrogen-bond acceptors (Lipinski definition) is 0. The van der Waals surface area contributed by atoms with Crippen molar-refractivity contribution in [2.24, 2.45) is 16.7 Å². The summed E-state index contributed by atoms with van der Waals surface area (Å²) in [6.45, 7) is 9.52. The highest BCUT2D eigenvalue weighted by Gasteiger charge is 2.53. The predicted molar refractivity (Wildman–Crippen MR) is 53.0 cm³/mol. The first-order chi connectivity index (χ1) is 5.44. The minimum Gasteiger partial charge on any atom is -0.0791 e. The molecule has 0 aromatic rings. The van der Waals surface area contributed by atoms with Crippen LogP contribution in [0, 0.1) is 16.7 Å². The zero-order valence-electron chi connectivity index (χ0n) is 8.78.